The predicted octanol–water partition coefficient (Wildman–Crippen LogP) is 2.65. The summed E-state index contributed by atoms with van der Waals surface area (Å²) in [5, 5.41) is 0. The zero-order chi connectivity index (χ0) is 18.7. The number of ether oxygens (including phenoxy) is 3. The third-order valence-electron chi connectivity index (χ3n) is 4.03. The van der Waals surface area contributed by atoms with Crippen LogP contribution in [0.5, 0.6) is 0 Å². The maximum atomic E-state index is 12.4. The van der Waals surface area contributed by atoms with Gasteiger partial charge >= 0.3 is 11.9 Å². The maximum absolute atomic E-state index is 12.4. The Labute approximate surface area is 150 Å². The molecular formula is C19H19NO6. The first kappa shape index (κ1) is 17.8. The molecule has 7 nitrogen and oxygen atoms in total. The lowest BCUT2D eigenvalue weighted by Crippen LogP contribution is -2.39. The second-order valence-electron chi connectivity index (χ2n) is 5.64. The molecule has 0 atom stereocenters. The fourth-order valence-electron chi connectivity index (χ4n) is 2.83. The summed E-state index contributed by atoms with van der Waals surface area (Å²) in [6.45, 7) is 1.91. The summed E-state index contributed by atoms with van der Waals surface area (Å²) in [7, 11) is 2.52. The average molecular weight is 357 g/mol. The van der Waals surface area contributed by atoms with Crippen LogP contribution < -0.4 is 4.90 Å². The van der Waals surface area contributed by atoms with E-state index in [1.807, 2.05) is 43.3 Å². The van der Waals surface area contributed by atoms with Gasteiger partial charge in [-0.05, 0) is 31.2 Å². The first-order chi connectivity index (χ1) is 12.6. The number of furan rings is 1. The molecule has 1 aromatic heterocycles. The van der Waals surface area contributed by atoms with Crippen molar-refractivity contribution in [1.29, 1.82) is 0 Å². The molecule has 26 heavy (non-hydrogen) atoms. The number of hydrogen-bond donors (Lipinski definition) is 0. The SMILES string of the molecule is COC(=O)C1=C(C(=O)OC)N(c2ccccc2-c2ccc(C)o2)COC1. The van der Waals surface area contributed by atoms with Crippen LogP contribution in [0.3, 0.4) is 0 Å². The van der Waals surface area contributed by atoms with Crippen LogP contribution in [0, 0.1) is 6.92 Å². The van der Waals surface area contributed by atoms with Gasteiger partial charge in [0.05, 0.1) is 32.1 Å². The summed E-state index contributed by atoms with van der Waals surface area (Å²) in [5.41, 5.74) is 1.62. The molecule has 1 aliphatic heterocycles. The second-order valence-corrected chi connectivity index (χ2v) is 5.64. The van der Waals surface area contributed by atoms with E-state index in [2.05, 4.69) is 0 Å². The molecule has 0 spiro atoms. The number of nitrogens with zero attached hydrogens (tertiary/aromatic N) is 1. The van der Waals surface area contributed by atoms with Crippen molar-refractivity contribution in [1.82, 2.24) is 0 Å². The van der Waals surface area contributed by atoms with E-state index in [1.165, 1.54) is 14.2 Å². The van der Waals surface area contributed by atoms with Gasteiger partial charge in [-0.25, -0.2) is 9.59 Å². The fourth-order valence-corrected chi connectivity index (χ4v) is 2.83. The maximum Gasteiger partial charge on any atom is 0.355 e. The third kappa shape index (κ3) is 3.21. The molecule has 0 aliphatic carbocycles. The van der Waals surface area contributed by atoms with Crippen molar-refractivity contribution in [2.24, 2.45) is 0 Å². The fraction of sp³-hybridized carbons (Fsp3) is 0.263. The van der Waals surface area contributed by atoms with Gasteiger partial charge < -0.3 is 23.5 Å². The highest BCUT2D eigenvalue weighted by Gasteiger charge is 2.33. The van der Waals surface area contributed by atoms with Crippen molar-refractivity contribution in [3.63, 3.8) is 0 Å². The van der Waals surface area contributed by atoms with E-state index in [0.717, 1.165) is 11.3 Å². The number of methoxy groups -OCH3 is 2. The third-order valence-corrected chi connectivity index (χ3v) is 4.03. The highest BCUT2D eigenvalue weighted by atomic mass is 16.5. The normalized spacial score (nSPS) is 14.3. The van der Waals surface area contributed by atoms with Gasteiger partial charge in [0.15, 0.2) is 0 Å². The van der Waals surface area contributed by atoms with Crippen LogP contribution in [0.2, 0.25) is 0 Å². The molecule has 0 fully saturated rings. The summed E-state index contributed by atoms with van der Waals surface area (Å²) >= 11 is 0. The second kappa shape index (κ2) is 7.45. The highest BCUT2D eigenvalue weighted by molar-refractivity contribution is 6.04. The standard InChI is InChI=1S/C19H19NO6/c1-12-8-9-16(26-12)13-6-4-5-7-15(13)20-11-25-10-14(18(21)23-2)17(20)19(22)24-3/h4-9H,10-11H2,1-3H3. The first-order valence-corrected chi connectivity index (χ1v) is 7.97. The number of benzene rings is 1. The van der Waals surface area contributed by atoms with E-state index in [9.17, 15) is 9.59 Å². The Balaban J connectivity index is 2.16. The molecular weight excluding hydrogens is 338 g/mol. The molecule has 1 aromatic carbocycles. The first-order valence-electron chi connectivity index (χ1n) is 7.97. The summed E-state index contributed by atoms with van der Waals surface area (Å²) < 4.78 is 20.9. The molecule has 0 unspecified atom stereocenters. The quantitative estimate of drug-likeness (QED) is 0.778. The Morgan fingerprint density at radius 3 is 2.42 bits per heavy atom. The van der Waals surface area contributed by atoms with Crippen molar-refractivity contribution in [3.8, 4) is 11.3 Å². The van der Waals surface area contributed by atoms with Gasteiger partial charge in [-0.2, -0.15) is 0 Å². The molecule has 1 aliphatic rings. The molecule has 0 radical (unpaired) electrons. The average Bonchev–Trinajstić information content (AvgIpc) is 3.12. The predicted molar refractivity (Wildman–Crippen MR) is 93.2 cm³/mol. The van der Waals surface area contributed by atoms with Crippen molar-refractivity contribution in [2.75, 3.05) is 32.5 Å². The van der Waals surface area contributed by atoms with Crippen molar-refractivity contribution < 1.29 is 28.2 Å². The largest absolute Gasteiger partial charge is 0.466 e. The van der Waals surface area contributed by atoms with Crippen molar-refractivity contribution in [2.45, 2.75) is 6.92 Å². The summed E-state index contributed by atoms with van der Waals surface area (Å²) in [6.07, 6.45) is 0. The molecule has 0 saturated heterocycles. The van der Waals surface area contributed by atoms with Gasteiger partial charge in [-0.1, -0.05) is 12.1 Å². The minimum atomic E-state index is -0.640. The Hall–Kier alpha value is -3.06. The Morgan fingerprint density at radius 2 is 1.77 bits per heavy atom. The minimum absolute atomic E-state index is 0.0321. The number of carbonyl (C=O) groups excluding carboxylic acids is 2. The Kier molecular flexibility index (Phi) is 5.09. The zero-order valence-electron chi connectivity index (χ0n) is 14.8. The molecule has 2 heterocycles. The number of carbonyl (C=O) groups is 2. The van der Waals surface area contributed by atoms with Gasteiger partial charge in [0, 0.05) is 5.56 Å². The molecule has 2 aromatic rings. The summed E-state index contributed by atoms with van der Waals surface area (Å²) in [4.78, 5) is 26.1. The van der Waals surface area contributed by atoms with Gasteiger partial charge in [0.2, 0.25) is 0 Å². The lowest BCUT2D eigenvalue weighted by Gasteiger charge is -2.32. The number of anilines is 1. The number of esters is 2. The van der Waals surface area contributed by atoms with E-state index in [4.69, 9.17) is 18.6 Å². The van der Waals surface area contributed by atoms with Crippen LogP contribution in [0.25, 0.3) is 11.3 Å². The molecule has 136 valence electrons. The van der Waals surface area contributed by atoms with Crippen LogP contribution in [0.4, 0.5) is 5.69 Å². The van der Waals surface area contributed by atoms with Crippen LogP contribution >= 0.6 is 0 Å². The summed E-state index contributed by atoms with van der Waals surface area (Å²) in [6, 6.07) is 11.1. The van der Waals surface area contributed by atoms with Gasteiger partial charge in [-0.15, -0.1) is 0 Å². The number of rotatable bonds is 4. The lowest BCUT2D eigenvalue weighted by molar-refractivity contribution is -0.140. The Morgan fingerprint density at radius 1 is 1.04 bits per heavy atom. The van der Waals surface area contributed by atoms with Crippen LogP contribution in [0.15, 0.2) is 52.1 Å². The van der Waals surface area contributed by atoms with Crippen LogP contribution in [-0.4, -0.2) is 39.5 Å². The van der Waals surface area contributed by atoms with Gasteiger partial charge in [0.25, 0.3) is 0 Å². The number of aryl methyl sites for hydroxylation is 1. The number of hydrogen-bond acceptors (Lipinski definition) is 7. The molecule has 0 amide bonds. The van der Waals surface area contributed by atoms with Crippen LogP contribution in [-0.2, 0) is 23.8 Å². The molecule has 0 N–H and O–H groups in total. The van der Waals surface area contributed by atoms with E-state index in [-0.39, 0.29) is 24.6 Å². The highest BCUT2D eigenvalue weighted by Crippen LogP contribution is 2.36. The minimum Gasteiger partial charge on any atom is -0.466 e. The molecule has 7 heteroatoms. The smallest absolute Gasteiger partial charge is 0.355 e. The number of para-hydroxylation sites is 1. The molecule has 0 saturated carbocycles. The van der Waals surface area contributed by atoms with E-state index in [0.29, 0.717) is 11.4 Å². The molecule has 3 rings (SSSR count). The Bertz CT molecular complexity index is 866. The van der Waals surface area contributed by atoms with Crippen LogP contribution in [0.1, 0.15) is 5.76 Å². The van der Waals surface area contributed by atoms with E-state index >= 15 is 0 Å². The van der Waals surface area contributed by atoms with E-state index < -0.39 is 11.9 Å². The monoisotopic (exact) mass is 357 g/mol. The topological polar surface area (TPSA) is 78.2 Å². The van der Waals surface area contributed by atoms with Crippen molar-refractivity contribution >= 4 is 17.6 Å². The van der Waals surface area contributed by atoms with Gasteiger partial charge in [-0.3, -0.25) is 0 Å². The van der Waals surface area contributed by atoms with E-state index in [1.54, 1.807) is 4.90 Å². The molecule has 0 bridgehead atoms. The zero-order valence-corrected chi connectivity index (χ0v) is 14.8. The van der Waals surface area contributed by atoms with Crippen molar-refractivity contribution in [3.05, 3.63) is 53.4 Å². The summed E-state index contributed by atoms with van der Waals surface area (Å²) in [5.74, 6) is 0.136. The van der Waals surface area contributed by atoms with Gasteiger partial charge in [0.1, 0.15) is 23.9 Å². The lowest BCUT2D eigenvalue weighted by atomic mass is 10.1.